The van der Waals surface area contributed by atoms with Crippen molar-refractivity contribution >= 4 is 5.91 Å². The fourth-order valence-electron chi connectivity index (χ4n) is 2.99. The van der Waals surface area contributed by atoms with Gasteiger partial charge >= 0.3 is 0 Å². The minimum absolute atomic E-state index is 0.0568. The van der Waals surface area contributed by atoms with Gasteiger partial charge in [0.1, 0.15) is 11.3 Å². The first kappa shape index (κ1) is 16.8. The van der Waals surface area contributed by atoms with Gasteiger partial charge in [0.25, 0.3) is 11.5 Å². The number of hydrogen-bond donors (Lipinski definition) is 2. The summed E-state index contributed by atoms with van der Waals surface area (Å²) < 4.78 is 7.02. The SMILES string of the molecule is Cc1nn(C)c(C)c1[C@@H](C)NC(=O)c1ccc(-c2ccco2)[nH]c1=O. The quantitative estimate of drug-likeness (QED) is 0.763. The molecule has 0 aromatic carbocycles. The second kappa shape index (κ2) is 6.43. The third-order valence-corrected chi connectivity index (χ3v) is 4.29. The zero-order valence-electron chi connectivity index (χ0n) is 14.6. The number of nitrogens with one attached hydrogen (secondary N) is 2. The molecule has 0 saturated carbocycles. The molecule has 0 radical (unpaired) electrons. The van der Waals surface area contributed by atoms with Gasteiger partial charge in [-0.05, 0) is 45.0 Å². The molecule has 7 heteroatoms. The van der Waals surface area contributed by atoms with Gasteiger partial charge in [0.15, 0.2) is 0 Å². The van der Waals surface area contributed by atoms with Crippen molar-refractivity contribution in [2.45, 2.75) is 26.8 Å². The molecule has 0 saturated heterocycles. The zero-order chi connectivity index (χ0) is 18.1. The monoisotopic (exact) mass is 340 g/mol. The van der Waals surface area contributed by atoms with Crippen molar-refractivity contribution < 1.29 is 9.21 Å². The van der Waals surface area contributed by atoms with Crippen LogP contribution in [-0.2, 0) is 7.05 Å². The Labute approximate surface area is 144 Å². The predicted octanol–water partition coefficient (Wildman–Crippen LogP) is 2.48. The van der Waals surface area contributed by atoms with E-state index in [1.54, 1.807) is 22.9 Å². The highest BCUT2D eigenvalue weighted by Crippen LogP contribution is 2.21. The molecule has 0 spiro atoms. The minimum Gasteiger partial charge on any atom is -0.463 e. The van der Waals surface area contributed by atoms with Crippen LogP contribution in [0, 0.1) is 13.8 Å². The Morgan fingerprint density at radius 3 is 2.64 bits per heavy atom. The standard InChI is InChI=1S/C18H20N4O3/c1-10(16-11(2)21-22(4)12(16)3)19-17(23)13-7-8-14(20-18(13)24)15-6-5-9-25-15/h5-10H,1-4H3,(H,19,23)(H,20,24)/t10-/m1/s1. The largest absolute Gasteiger partial charge is 0.463 e. The molecule has 25 heavy (non-hydrogen) atoms. The van der Waals surface area contributed by atoms with E-state index in [0.717, 1.165) is 17.0 Å². The summed E-state index contributed by atoms with van der Waals surface area (Å²) in [6.07, 6.45) is 1.52. The summed E-state index contributed by atoms with van der Waals surface area (Å²) >= 11 is 0. The van der Waals surface area contributed by atoms with Gasteiger partial charge in [-0.3, -0.25) is 14.3 Å². The number of carbonyl (C=O) groups excluding carboxylic acids is 1. The maximum absolute atomic E-state index is 12.5. The number of hydrogen-bond acceptors (Lipinski definition) is 4. The third-order valence-electron chi connectivity index (χ3n) is 4.29. The number of H-pyrrole nitrogens is 1. The van der Waals surface area contributed by atoms with E-state index in [9.17, 15) is 9.59 Å². The minimum atomic E-state index is -0.460. The van der Waals surface area contributed by atoms with Gasteiger partial charge < -0.3 is 14.7 Å². The molecule has 1 atom stereocenters. The molecule has 1 amide bonds. The average molecular weight is 340 g/mol. The molecule has 0 bridgehead atoms. The maximum atomic E-state index is 12.5. The Hall–Kier alpha value is -3.09. The van der Waals surface area contributed by atoms with Crippen LogP contribution < -0.4 is 10.9 Å². The van der Waals surface area contributed by atoms with Crippen LogP contribution in [0.15, 0.2) is 39.7 Å². The van der Waals surface area contributed by atoms with Gasteiger partial charge in [-0.2, -0.15) is 5.10 Å². The Morgan fingerprint density at radius 2 is 2.08 bits per heavy atom. The highest BCUT2D eigenvalue weighted by Gasteiger charge is 2.20. The van der Waals surface area contributed by atoms with Crippen molar-refractivity contribution in [1.29, 1.82) is 0 Å². The summed E-state index contributed by atoms with van der Waals surface area (Å²) in [6.45, 7) is 5.72. The first-order valence-electron chi connectivity index (χ1n) is 7.96. The average Bonchev–Trinajstić information content (AvgIpc) is 3.16. The molecule has 0 unspecified atom stereocenters. The van der Waals surface area contributed by atoms with E-state index < -0.39 is 11.5 Å². The molecule has 2 N–H and O–H groups in total. The molecule has 0 aliphatic heterocycles. The van der Waals surface area contributed by atoms with Crippen molar-refractivity contribution in [3.05, 3.63) is 63.4 Å². The van der Waals surface area contributed by atoms with E-state index in [1.807, 2.05) is 27.8 Å². The normalized spacial score (nSPS) is 12.2. The predicted molar refractivity (Wildman–Crippen MR) is 93.3 cm³/mol. The zero-order valence-corrected chi connectivity index (χ0v) is 14.6. The number of aryl methyl sites for hydroxylation is 2. The first-order chi connectivity index (χ1) is 11.9. The fraction of sp³-hybridized carbons (Fsp3) is 0.278. The summed E-state index contributed by atoms with van der Waals surface area (Å²) in [5.74, 6) is 0.112. The maximum Gasteiger partial charge on any atom is 0.261 e. The summed E-state index contributed by atoms with van der Waals surface area (Å²) in [6, 6.07) is 6.36. The van der Waals surface area contributed by atoms with Crippen LogP contribution in [0.3, 0.4) is 0 Å². The molecule has 130 valence electrons. The lowest BCUT2D eigenvalue weighted by atomic mass is 10.1. The summed E-state index contributed by atoms with van der Waals surface area (Å²) in [5, 5.41) is 7.22. The topological polar surface area (TPSA) is 92.9 Å². The smallest absolute Gasteiger partial charge is 0.261 e. The van der Waals surface area contributed by atoms with E-state index in [-0.39, 0.29) is 11.6 Å². The molecule has 3 aromatic heterocycles. The van der Waals surface area contributed by atoms with E-state index in [1.165, 1.54) is 12.3 Å². The molecule has 0 aliphatic rings. The number of pyridine rings is 1. The van der Waals surface area contributed by atoms with Gasteiger partial charge in [-0.1, -0.05) is 0 Å². The van der Waals surface area contributed by atoms with E-state index in [2.05, 4.69) is 15.4 Å². The van der Waals surface area contributed by atoms with Gasteiger partial charge in [-0.15, -0.1) is 0 Å². The van der Waals surface area contributed by atoms with Crippen LogP contribution in [-0.4, -0.2) is 20.7 Å². The Morgan fingerprint density at radius 1 is 1.32 bits per heavy atom. The second-order valence-corrected chi connectivity index (χ2v) is 6.00. The molecule has 3 heterocycles. The number of aromatic amines is 1. The van der Waals surface area contributed by atoms with E-state index in [0.29, 0.717) is 11.5 Å². The van der Waals surface area contributed by atoms with Crippen molar-refractivity contribution in [1.82, 2.24) is 20.1 Å². The second-order valence-electron chi connectivity index (χ2n) is 6.00. The Kier molecular flexibility index (Phi) is 4.31. The number of aromatic nitrogens is 3. The third kappa shape index (κ3) is 3.13. The molecular weight excluding hydrogens is 320 g/mol. The lowest BCUT2D eigenvalue weighted by molar-refractivity contribution is 0.0938. The molecule has 3 rings (SSSR count). The van der Waals surface area contributed by atoms with Crippen molar-refractivity contribution in [2.75, 3.05) is 0 Å². The van der Waals surface area contributed by atoms with Crippen molar-refractivity contribution in [2.24, 2.45) is 7.05 Å². The van der Waals surface area contributed by atoms with Crippen LogP contribution in [0.25, 0.3) is 11.5 Å². The number of amides is 1. The van der Waals surface area contributed by atoms with E-state index >= 15 is 0 Å². The van der Waals surface area contributed by atoms with Gasteiger partial charge in [0.2, 0.25) is 0 Å². The summed E-state index contributed by atoms with van der Waals surface area (Å²) in [5.41, 5.74) is 2.92. The number of nitrogens with zero attached hydrogens (tertiary/aromatic N) is 2. The highest BCUT2D eigenvalue weighted by atomic mass is 16.3. The van der Waals surface area contributed by atoms with E-state index in [4.69, 9.17) is 4.42 Å². The number of carbonyl (C=O) groups is 1. The van der Waals surface area contributed by atoms with Crippen LogP contribution >= 0.6 is 0 Å². The Balaban J connectivity index is 1.83. The van der Waals surface area contributed by atoms with Crippen LogP contribution in [0.5, 0.6) is 0 Å². The van der Waals surface area contributed by atoms with Crippen LogP contribution in [0.1, 0.15) is 40.3 Å². The van der Waals surface area contributed by atoms with Crippen LogP contribution in [0.2, 0.25) is 0 Å². The van der Waals surface area contributed by atoms with Crippen molar-refractivity contribution in [3.63, 3.8) is 0 Å². The Bertz CT molecular complexity index is 967. The van der Waals surface area contributed by atoms with Gasteiger partial charge in [0.05, 0.1) is 23.7 Å². The first-order valence-corrected chi connectivity index (χ1v) is 7.96. The molecule has 0 fully saturated rings. The fourth-order valence-corrected chi connectivity index (χ4v) is 2.99. The summed E-state index contributed by atoms with van der Waals surface area (Å²) in [4.78, 5) is 27.4. The van der Waals surface area contributed by atoms with Crippen LogP contribution in [0.4, 0.5) is 0 Å². The highest BCUT2D eigenvalue weighted by molar-refractivity contribution is 5.94. The lowest BCUT2D eigenvalue weighted by Crippen LogP contribution is -2.32. The van der Waals surface area contributed by atoms with Gasteiger partial charge in [-0.25, -0.2) is 0 Å². The molecule has 0 aliphatic carbocycles. The summed E-state index contributed by atoms with van der Waals surface area (Å²) in [7, 11) is 1.86. The molecule has 7 nitrogen and oxygen atoms in total. The lowest BCUT2D eigenvalue weighted by Gasteiger charge is -2.14. The van der Waals surface area contributed by atoms with Gasteiger partial charge in [0, 0.05) is 18.3 Å². The number of furan rings is 1. The van der Waals surface area contributed by atoms with Crippen molar-refractivity contribution in [3.8, 4) is 11.5 Å². The molecule has 3 aromatic rings. The molecular formula is C18H20N4O3. The number of rotatable bonds is 4.